The van der Waals surface area contributed by atoms with E-state index in [0.717, 1.165) is 43.3 Å². The minimum Gasteiger partial charge on any atom is -0.329 e. The van der Waals surface area contributed by atoms with Crippen molar-refractivity contribution >= 4 is 12.5 Å². The van der Waals surface area contributed by atoms with Gasteiger partial charge in [-0.25, -0.2) is 0 Å². The summed E-state index contributed by atoms with van der Waals surface area (Å²) >= 11 is 0. The van der Waals surface area contributed by atoms with E-state index in [1.54, 1.807) is 0 Å². The molecular weight excluding hydrogens is 382 g/mol. The van der Waals surface area contributed by atoms with Crippen LogP contribution in [0.25, 0.3) is 0 Å². The molecule has 6 unspecified atom stereocenters. The molecule has 0 heterocycles. The van der Waals surface area contributed by atoms with E-state index >= 15 is 0 Å². The lowest BCUT2D eigenvalue weighted by atomic mass is 9.47. The summed E-state index contributed by atoms with van der Waals surface area (Å²) in [4.78, 5) is 12.8. The lowest BCUT2D eigenvalue weighted by Gasteiger charge is -2.58. The molecule has 180 valence electrons. The van der Waals surface area contributed by atoms with Gasteiger partial charge in [0.25, 0.3) is 0 Å². The van der Waals surface area contributed by atoms with Crippen molar-refractivity contribution in [2.24, 2.45) is 45.2 Å². The summed E-state index contributed by atoms with van der Waals surface area (Å²) in [5, 5.41) is 2.89. The third-order valence-electron chi connectivity index (χ3n) is 9.33. The van der Waals surface area contributed by atoms with E-state index in [0.29, 0.717) is 10.8 Å². The first kappa shape index (κ1) is 26.3. The number of likely N-dealkylation sites (N-methyl/N-ethyl adjacent to an activating group) is 1. The van der Waals surface area contributed by atoms with Gasteiger partial charge in [-0.3, -0.25) is 4.99 Å². The molecular formula is C27H51N3O. The van der Waals surface area contributed by atoms with Gasteiger partial charge in [-0.1, -0.05) is 25.5 Å². The SMILES string of the molecule is C=O.CCN=C(C)C1CCC2C3CCC4=CCCCC4(C)C3CCC12C.CNCCN.[HH]. The molecule has 4 rings (SSSR count). The van der Waals surface area contributed by atoms with Crippen LogP contribution in [0.15, 0.2) is 16.6 Å². The highest BCUT2D eigenvalue weighted by Crippen LogP contribution is 2.66. The van der Waals surface area contributed by atoms with Gasteiger partial charge in [0.1, 0.15) is 6.79 Å². The number of nitrogens with one attached hydrogen (secondary N) is 1. The molecule has 0 spiro atoms. The Kier molecular flexibility index (Phi) is 9.95. The maximum Gasteiger partial charge on any atom is 0.106 e. The van der Waals surface area contributed by atoms with Crippen LogP contribution >= 0.6 is 0 Å². The fourth-order valence-corrected chi connectivity index (χ4v) is 7.94. The monoisotopic (exact) mass is 433 g/mol. The Morgan fingerprint density at radius 2 is 1.97 bits per heavy atom. The molecule has 4 heteroatoms. The number of hydrogen-bond donors (Lipinski definition) is 2. The van der Waals surface area contributed by atoms with E-state index in [2.05, 4.69) is 39.1 Å². The molecule has 3 fully saturated rings. The predicted molar refractivity (Wildman–Crippen MR) is 136 cm³/mol. The first-order valence-electron chi connectivity index (χ1n) is 12.8. The number of hydrogen-bond acceptors (Lipinski definition) is 4. The minimum atomic E-state index is 0. The standard InChI is InChI=1S/C23H37N.C3H10N2.CH2O.H2/c1-5-24-16(2)19-11-12-20-18-10-9-17-8-6-7-14-22(17,3)21(18)13-15-23(19,20)4;1-5-3-2-4;1-2;/h8,18-21H,5-7,9-15H2,1-4H3;5H,2-4H2,1H3;1H2;1H. The molecule has 3 N–H and O–H groups in total. The van der Waals surface area contributed by atoms with Crippen molar-refractivity contribution in [3.63, 3.8) is 0 Å². The van der Waals surface area contributed by atoms with Crippen LogP contribution in [-0.2, 0) is 4.79 Å². The molecule has 0 bridgehead atoms. The third-order valence-corrected chi connectivity index (χ3v) is 9.33. The van der Waals surface area contributed by atoms with Gasteiger partial charge in [0, 0.05) is 32.7 Å². The fourth-order valence-electron chi connectivity index (χ4n) is 7.94. The van der Waals surface area contributed by atoms with Crippen molar-refractivity contribution in [3.8, 4) is 0 Å². The van der Waals surface area contributed by atoms with Crippen molar-refractivity contribution in [2.45, 2.75) is 85.5 Å². The zero-order valence-electron chi connectivity index (χ0n) is 21.0. The minimum absolute atomic E-state index is 0. The maximum absolute atomic E-state index is 8.00. The smallest absolute Gasteiger partial charge is 0.106 e. The molecule has 3 saturated carbocycles. The maximum atomic E-state index is 8.00. The Labute approximate surface area is 193 Å². The van der Waals surface area contributed by atoms with E-state index in [1.165, 1.54) is 63.5 Å². The molecule has 0 amide bonds. The molecule has 0 aromatic rings. The molecule has 0 aromatic carbocycles. The van der Waals surface area contributed by atoms with Crippen molar-refractivity contribution in [1.29, 1.82) is 0 Å². The van der Waals surface area contributed by atoms with Crippen molar-refractivity contribution in [3.05, 3.63) is 11.6 Å². The first-order valence-corrected chi connectivity index (χ1v) is 12.8. The first-order chi connectivity index (χ1) is 14.9. The van der Waals surface area contributed by atoms with Crippen LogP contribution in [0, 0.1) is 34.5 Å². The summed E-state index contributed by atoms with van der Waals surface area (Å²) < 4.78 is 0. The van der Waals surface area contributed by atoms with Gasteiger partial charge < -0.3 is 15.8 Å². The zero-order chi connectivity index (χ0) is 23.1. The van der Waals surface area contributed by atoms with Crippen molar-refractivity contribution in [1.82, 2.24) is 5.32 Å². The third kappa shape index (κ3) is 5.16. The van der Waals surface area contributed by atoms with Crippen LogP contribution in [0.2, 0.25) is 0 Å². The number of carbonyl (C=O) groups is 1. The average molecular weight is 434 g/mol. The molecule has 0 saturated heterocycles. The fraction of sp³-hybridized carbons (Fsp3) is 0.852. The van der Waals surface area contributed by atoms with E-state index in [4.69, 9.17) is 15.5 Å². The highest BCUT2D eigenvalue weighted by molar-refractivity contribution is 5.85. The van der Waals surface area contributed by atoms with Crippen LogP contribution < -0.4 is 11.1 Å². The lowest BCUT2D eigenvalue weighted by Crippen LogP contribution is -2.50. The van der Waals surface area contributed by atoms with Gasteiger partial charge in [-0.05, 0) is 107 Å². The van der Waals surface area contributed by atoms with Gasteiger partial charge in [0.15, 0.2) is 0 Å². The topological polar surface area (TPSA) is 67.5 Å². The number of nitrogens with two attached hydrogens (primary N) is 1. The van der Waals surface area contributed by atoms with E-state index in [-0.39, 0.29) is 1.43 Å². The molecule has 4 nitrogen and oxygen atoms in total. The normalized spacial score (nSPS) is 38.9. The molecule has 4 aliphatic carbocycles. The van der Waals surface area contributed by atoms with Crippen LogP contribution in [0.5, 0.6) is 0 Å². The van der Waals surface area contributed by atoms with Gasteiger partial charge in [0.05, 0.1) is 0 Å². The quantitative estimate of drug-likeness (QED) is 0.444. The second kappa shape index (κ2) is 11.7. The Morgan fingerprint density at radius 1 is 1.23 bits per heavy atom. The number of allylic oxidation sites excluding steroid dienone is 2. The number of rotatable bonds is 4. The average Bonchev–Trinajstić information content (AvgIpc) is 3.13. The second-order valence-electron chi connectivity index (χ2n) is 10.6. The van der Waals surface area contributed by atoms with Gasteiger partial charge in [-0.2, -0.15) is 0 Å². The summed E-state index contributed by atoms with van der Waals surface area (Å²) in [5.41, 5.74) is 9.47. The zero-order valence-corrected chi connectivity index (χ0v) is 21.0. The van der Waals surface area contributed by atoms with Gasteiger partial charge in [-0.15, -0.1) is 0 Å². The van der Waals surface area contributed by atoms with Gasteiger partial charge >= 0.3 is 0 Å². The Bertz CT molecular complexity index is 634. The second-order valence-corrected chi connectivity index (χ2v) is 10.6. The van der Waals surface area contributed by atoms with Crippen LogP contribution in [-0.4, -0.2) is 39.2 Å². The van der Waals surface area contributed by atoms with Crippen LogP contribution in [0.4, 0.5) is 0 Å². The summed E-state index contributed by atoms with van der Waals surface area (Å²) in [6, 6.07) is 0. The Hall–Kier alpha value is -1.00. The summed E-state index contributed by atoms with van der Waals surface area (Å²) in [6.07, 6.45) is 15.5. The largest absolute Gasteiger partial charge is 0.329 e. The molecule has 0 aliphatic heterocycles. The van der Waals surface area contributed by atoms with E-state index in [9.17, 15) is 0 Å². The summed E-state index contributed by atoms with van der Waals surface area (Å²) in [5.74, 6) is 3.68. The number of nitrogens with zero attached hydrogens (tertiary/aromatic N) is 1. The number of aliphatic imine (C=N–C) groups is 1. The Morgan fingerprint density at radius 3 is 2.58 bits per heavy atom. The molecule has 4 aliphatic rings. The number of carbonyl (C=O) groups excluding carboxylic acids is 1. The van der Waals surface area contributed by atoms with E-state index in [1.807, 2.05) is 19.4 Å². The summed E-state index contributed by atoms with van der Waals surface area (Å²) in [6.45, 7) is 14.4. The van der Waals surface area contributed by atoms with Crippen molar-refractivity contribution in [2.75, 3.05) is 26.7 Å². The highest BCUT2D eigenvalue weighted by Gasteiger charge is 2.58. The predicted octanol–water partition coefficient (Wildman–Crippen LogP) is 5.66. The number of fused-ring (bicyclic) bond motifs is 5. The molecule has 31 heavy (non-hydrogen) atoms. The van der Waals surface area contributed by atoms with Crippen LogP contribution in [0.1, 0.15) is 86.9 Å². The Balaban J connectivity index is 0.000000569. The van der Waals surface area contributed by atoms with Crippen LogP contribution in [0.3, 0.4) is 0 Å². The lowest BCUT2D eigenvalue weighted by molar-refractivity contribution is -0.0979. The molecule has 6 atom stereocenters. The van der Waals surface area contributed by atoms with Gasteiger partial charge in [0.2, 0.25) is 0 Å². The van der Waals surface area contributed by atoms with Crippen molar-refractivity contribution < 1.29 is 6.22 Å². The van der Waals surface area contributed by atoms with E-state index < -0.39 is 0 Å². The highest BCUT2D eigenvalue weighted by atomic mass is 16.1. The summed E-state index contributed by atoms with van der Waals surface area (Å²) in [7, 11) is 1.88. The molecule has 0 radical (unpaired) electrons. The molecule has 0 aromatic heterocycles.